The van der Waals surface area contributed by atoms with Crippen molar-refractivity contribution in [3.05, 3.63) is 11.2 Å². The number of hydrogen-bond donors (Lipinski definition) is 1. The number of halogens is 1. The quantitative estimate of drug-likeness (QED) is 0.905. The van der Waals surface area contributed by atoms with E-state index in [2.05, 4.69) is 39.2 Å². The Labute approximate surface area is 113 Å². The summed E-state index contributed by atoms with van der Waals surface area (Å²) in [6.07, 6.45) is 4.04. The van der Waals surface area contributed by atoms with Crippen LogP contribution < -0.4 is 10.2 Å². The topological polar surface area (TPSA) is 44.3 Å². The lowest BCUT2D eigenvalue weighted by Crippen LogP contribution is -2.45. The smallest absolute Gasteiger partial charge is 0.224 e. The molecule has 2 rings (SSSR count). The fourth-order valence-corrected chi connectivity index (χ4v) is 2.58. The third-order valence-electron chi connectivity index (χ3n) is 3.43. The van der Waals surface area contributed by atoms with Crippen LogP contribution in [0.4, 0.5) is 11.8 Å². The molecule has 1 saturated heterocycles. The largest absolute Gasteiger partial charge is 0.357 e. The maximum absolute atomic E-state index is 6.20. The molecule has 1 aliphatic rings. The van der Waals surface area contributed by atoms with Crippen LogP contribution in [-0.4, -0.2) is 55.1 Å². The molecule has 0 amide bonds. The van der Waals surface area contributed by atoms with Gasteiger partial charge < -0.3 is 15.1 Å². The first-order chi connectivity index (χ1) is 8.61. The molecule has 6 heteroatoms. The molecule has 0 spiro atoms. The van der Waals surface area contributed by atoms with Crippen LogP contribution in [0.2, 0.25) is 5.02 Å². The Hall–Kier alpha value is -1.07. The summed E-state index contributed by atoms with van der Waals surface area (Å²) in [6.45, 7) is 2.22. The van der Waals surface area contributed by atoms with E-state index in [9.17, 15) is 0 Å². The van der Waals surface area contributed by atoms with E-state index in [0.29, 0.717) is 17.0 Å². The molecule has 0 aromatic carbocycles. The Balaban J connectivity index is 2.19. The van der Waals surface area contributed by atoms with E-state index < -0.39 is 0 Å². The maximum atomic E-state index is 6.20. The van der Waals surface area contributed by atoms with Gasteiger partial charge in [0, 0.05) is 26.7 Å². The average molecular weight is 270 g/mol. The van der Waals surface area contributed by atoms with Crippen molar-refractivity contribution in [2.75, 3.05) is 44.4 Å². The maximum Gasteiger partial charge on any atom is 0.224 e. The van der Waals surface area contributed by atoms with Gasteiger partial charge in [-0.2, -0.15) is 4.98 Å². The van der Waals surface area contributed by atoms with Crippen molar-refractivity contribution >= 4 is 23.4 Å². The Morgan fingerprint density at radius 3 is 3.00 bits per heavy atom. The molecule has 1 aromatic heterocycles. The van der Waals surface area contributed by atoms with Gasteiger partial charge in [0.25, 0.3) is 0 Å². The van der Waals surface area contributed by atoms with Gasteiger partial charge in [0.2, 0.25) is 5.95 Å². The summed E-state index contributed by atoms with van der Waals surface area (Å²) in [5.41, 5.74) is 0. The van der Waals surface area contributed by atoms with Crippen LogP contribution in [0, 0.1) is 0 Å². The van der Waals surface area contributed by atoms with Crippen molar-refractivity contribution in [2.24, 2.45) is 0 Å². The number of aromatic nitrogens is 2. The predicted molar refractivity (Wildman–Crippen MR) is 75.5 cm³/mol. The highest BCUT2D eigenvalue weighted by atomic mass is 35.5. The monoisotopic (exact) mass is 269 g/mol. The van der Waals surface area contributed by atoms with Crippen molar-refractivity contribution in [3.63, 3.8) is 0 Å². The zero-order chi connectivity index (χ0) is 13.1. The lowest BCUT2D eigenvalue weighted by molar-refractivity contribution is 0.247. The van der Waals surface area contributed by atoms with E-state index in [1.54, 1.807) is 13.2 Å². The summed E-state index contributed by atoms with van der Waals surface area (Å²) in [7, 11) is 6.01. The van der Waals surface area contributed by atoms with E-state index >= 15 is 0 Å². The highest BCUT2D eigenvalue weighted by Gasteiger charge is 2.23. The molecule has 1 fully saturated rings. The predicted octanol–water partition coefficient (Wildman–Crippen LogP) is 1.70. The Morgan fingerprint density at radius 2 is 2.33 bits per heavy atom. The van der Waals surface area contributed by atoms with Gasteiger partial charge in [0.1, 0.15) is 5.02 Å². The second-order valence-electron chi connectivity index (χ2n) is 4.78. The second-order valence-corrected chi connectivity index (χ2v) is 5.19. The van der Waals surface area contributed by atoms with Crippen molar-refractivity contribution in [3.8, 4) is 0 Å². The first kappa shape index (κ1) is 13.4. The van der Waals surface area contributed by atoms with Gasteiger partial charge >= 0.3 is 0 Å². The van der Waals surface area contributed by atoms with Crippen LogP contribution in [0.15, 0.2) is 6.20 Å². The van der Waals surface area contributed by atoms with Crippen LogP contribution in [0.3, 0.4) is 0 Å². The van der Waals surface area contributed by atoms with E-state index in [-0.39, 0.29) is 0 Å². The zero-order valence-corrected chi connectivity index (χ0v) is 11.9. The normalized spacial score (nSPS) is 20.8. The fourth-order valence-electron chi connectivity index (χ4n) is 2.35. The minimum absolute atomic E-state index is 0.459. The van der Waals surface area contributed by atoms with Gasteiger partial charge in [-0.15, -0.1) is 0 Å². The van der Waals surface area contributed by atoms with Crippen LogP contribution in [0.1, 0.15) is 12.8 Å². The molecule has 0 saturated carbocycles. The Morgan fingerprint density at radius 1 is 1.56 bits per heavy atom. The van der Waals surface area contributed by atoms with Gasteiger partial charge in [-0.25, -0.2) is 4.98 Å². The Kier molecular flexibility index (Phi) is 4.24. The van der Waals surface area contributed by atoms with Gasteiger partial charge in [-0.3, -0.25) is 0 Å². The SMILES string of the molecule is CNc1ncc(Cl)c(N(C)C2CCCN(C)C2)n1. The van der Waals surface area contributed by atoms with E-state index in [1.165, 1.54) is 19.4 Å². The lowest BCUT2D eigenvalue weighted by Gasteiger charge is -2.36. The molecule has 1 unspecified atom stereocenters. The molecular formula is C12H20ClN5. The van der Waals surface area contributed by atoms with Crippen molar-refractivity contribution in [2.45, 2.75) is 18.9 Å². The van der Waals surface area contributed by atoms with Crippen molar-refractivity contribution in [1.82, 2.24) is 14.9 Å². The number of hydrogen-bond acceptors (Lipinski definition) is 5. The van der Waals surface area contributed by atoms with Crippen molar-refractivity contribution < 1.29 is 0 Å². The number of piperidine rings is 1. The molecule has 1 aromatic rings. The minimum Gasteiger partial charge on any atom is -0.357 e. The summed E-state index contributed by atoms with van der Waals surface area (Å²) in [5, 5.41) is 3.54. The zero-order valence-electron chi connectivity index (χ0n) is 11.1. The standard InChI is InChI=1S/C12H20ClN5/c1-14-12-15-7-10(13)11(16-12)18(3)9-5-4-6-17(2)8-9/h7,9H,4-6,8H2,1-3H3,(H,14,15,16). The molecule has 0 bridgehead atoms. The average Bonchev–Trinajstić information content (AvgIpc) is 2.38. The molecule has 100 valence electrons. The van der Waals surface area contributed by atoms with E-state index in [1.807, 2.05) is 0 Å². The summed E-state index contributed by atoms with van der Waals surface area (Å²) < 4.78 is 0. The molecule has 0 radical (unpaired) electrons. The number of anilines is 2. The summed E-state index contributed by atoms with van der Waals surface area (Å²) in [4.78, 5) is 13.1. The van der Waals surface area contributed by atoms with Crippen LogP contribution in [0.25, 0.3) is 0 Å². The number of nitrogens with zero attached hydrogens (tertiary/aromatic N) is 4. The van der Waals surface area contributed by atoms with Crippen LogP contribution in [0.5, 0.6) is 0 Å². The summed E-state index contributed by atoms with van der Waals surface area (Å²) in [5.74, 6) is 1.40. The molecule has 1 aliphatic heterocycles. The first-order valence-electron chi connectivity index (χ1n) is 6.23. The molecule has 1 atom stereocenters. The number of likely N-dealkylation sites (tertiary alicyclic amines) is 1. The lowest BCUT2D eigenvalue weighted by atomic mass is 10.1. The number of nitrogens with one attached hydrogen (secondary N) is 1. The summed E-state index contributed by atoms with van der Waals surface area (Å²) in [6, 6.07) is 0.459. The van der Waals surface area contributed by atoms with Gasteiger partial charge in [-0.1, -0.05) is 11.6 Å². The van der Waals surface area contributed by atoms with Crippen LogP contribution >= 0.6 is 11.6 Å². The molecule has 18 heavy (non-hydrogen) atoms. The highest BCUT2D eigenvalue weighted by molar-refractivity contribution is 6.32. The molecule has 5 nitrogen and oxygen atoms in total. The highest BCUT2D eigenvalue weighted by Crippen LogP contribution is 2.26. The van der Waals surface area contributed by atoms with Crippen LogP contribution in [-0.2, 0) is 0 Å². The number of likely N-dealkylation sites (N-methyl/N-ethyl adjacent to an activating group) is 2. The van der Waals surface area contributed by atoms with E-state index in [4.69, 9.17) is 11.6 Å². The molecular weight excluding hydrogens is 250 g/mol. The first-order valence-corrected chi connectivity index (χ1v) is 6.61. The molecule has 1 N–H and O–H groups in total. The Bertz CT molecular complexity index is 411. The van der Waals surface area contributed by atoms with Crippen molar-refractivity contribution in [1.29, 1.82) is 0 Å². The fraction of sp³-hybridized carbons (Fsp3) is 0.667. The number of rotatable bonds is 3. The van der Waals surface area contributed by atoms with Gasteiger partial charge in [-0.05, 0) is 26.4 Å². The third kappa shape index (κ3) is 2.84. The minimum atomic E-state index is 0.459. The van der Waals surface area contributed by atoms with Gasteiger partial charge in [0.15, 0.2) is 5.82 Å². The van der Waals surface area contributed by atoms with Gasteiger partial charge in [0.05, 0.1) is 6.20 Å². The second kappa shape index (κ2) is 5.71. The third-order valence-corrected chi connectivity index (χ3v) is 3.70. The molecule has 0 aliphatic carbocycles. The van der Waals surface area contributed by atoms with E-state index in [0.717, 1.165) is 12.4 Å². The molecule has 2 heterocycles. The summed E-state index contributed by atoms with van der Waals surface area (Å²) >= 11 is 6.20.